The maximum absolute atomic E-state index is 10.5. The van der Waals surface area contributed by atoms with Gasteiger partial charge in [0, 0.05) is 16.3 Å². The van der Waals surface area contributed by atoms with Crippen LogP contribution >= 0.6 is 0 Å². The lowest BCUT2D eigenvalue weighted by molar-refractivity contribution is -0.0893. The van der Waals surface area contributed by atoms with Gasteiger partial charge in [-0.3, -0.25) is 0 Å². The highest BCUT2D eigenvalue weighted by atomic mass is 16.5. The Kier molecular flexibility index (Phi) is 5.59. The van der Waals surface area contributed by atoms with E-state index in [1.807, 2.05) is 32.0 Å². The average Bonchev–Trinajstić information content (AvgIpc) is 3.22. The molecule has 0 radical (unpaired) electrons. The first kappa shape index (κ1) is 22.5. The van der Waals surface area contributed by atoms with E-state index in [1.165, 1.54) is 11.1 Å². The number of rotatable bonds is 6. The highest BCUT2D eigenvalue weighted by molar-refractivity contribution is 6.53. The molecule has 0 aliphatic heterocycles. The van der Waals surface area contributed by atoms with Gasteiger partial charge in [0.25, 0.3) is 0 Å². The van der Waals surface area contributed by atoms with E-state index in [2.05, 4.69) is 72.8 Å². The van der Waals surface area contributed by atoms with Gasteiger partial charge >= 0.3 is 7.48 Å². The van der Waals surface area contributed by atoms with Crippen LogP contribution < -0.4 is 5.46 Å². The third kappa shape index (κ3) is 4.04. The van der Waals surface area contributed by atoms with Gasteiger partial charge in [-0.15, -0.1) is 0 Å². The van der Waals surface area contributed by atoms with E-state index in [0.717, 1.165) is 38.5 Å². The number of hydrogen-bond acceptors (Lipinski definition) is 3. The number of aliphatic hydroxyl groups is 1. The second kappa shape index (κ2) is 8.46. The van der Waals surface area contributed by atoms with Crippen LogP contribution in [0.15, 0.2) is 95.4 Å². The van der Waals surface area contributed by atoms with Gasteiger partial charge in [-0.05, 0) is 62.0 Å². The van der Waals surface area contributed by atoms with Gasteiger partial charge in [-0.2, -0.15) is 0 Å². The third-order valence-corrected chi connectivity index (χ3v) is 6.95. The summed E-state index contributed by atoms with van der Waals surface area (Å²) in [6.07, 6.45) is 0. The lowest BCUT2D eigenvalue weighted by atomic mass is 9.80. The second-order valence-corrected chi connectivity index (χ2v) is 9.88. The summed E-state index contributed by atoms with van der Waals surface area (Å²) < 4.78 is 12.6. The van der Waals surface area contributed by atoms with Crippen molar-refractivity contribution in [2.75, 3.05) is 0 Å². The average molecular weight is 448 g/mol. The van der Waals surface area contributed by atoms with Crippen molar-refractivity contribution in [3.63, 3.8) is 0 Å². The molecular formula is C30H29BO3. The molecule has 5 rings (SSSR count). The largest absolute Gasteiger partial charge is 0.455 e. The zero-order chi connectivity index (χ0) is 23.9. The fourth-order valence-corrected chi connectivity index (χ4v) is 4.20. The van der Waals surface area contributed by atoms with Gasteiger partial charge in [0.1, 0.15) is 11.2 Å². The molecule has 0 amide bonds. The third-order valence-electron chi connectivity index (χ3n) is 6.95. The van der Waals surface area contributed by atoms with E-state index >= 15 is 0 Å². The Morgan fingerprint density at radius 3 is 2.18 bits per heavy atom. The molecule has 1 N–H and O–H groups in total. The molecule has 34 heavy (non-hydrogen) atoms. The van der Waals surface area contributed by atoms with Crippen molar-refractivity contribution in [3.8, 4) is 22.3 Å². The van der Waals surface area contributed by atoms with Crippen LogP contribution in [0, 0.1) is 0 Å². The van der Waals surface area contributed by atoms with Crippen LogP contribution in [-0.2, 0) is 4.65 Å². The maximum Gasteiger partial charge on any atom is 0.310 e. The lowest BCUT2D eigenvalue weighted by Crippen LogP contribution is -2.49. The van der Waals surface area contributed by atoms with Gasteiger partial charge in [0.2, 0.25) is 0 Å². The number of para-hydroxylation sites is 1. The highest BCUT2D eigenvalue weighted by Crippen LogP contribution is 2.36. The molecule has 3 nitrogen and oxygen atoms in total. The van der Waals surface area contributed by atoms with Crippen LogP contribution in [-0.4, -0.2) is 23.8 Å². The maximum atomic E-state index is 10.5. The van der Waals surface area contributed by atoms with Crippen molar-refractivity contribution < 1.29 is 14.2 Å². The molecule has 1 heterocycles. The van der Waals surface area contributed by atoms with Crippen LogP contribution in [0.1, 0.15) is 27.7 Å². The first-order valence-corrected chi connectivity index (χ1v) is 11.7. The number of benzene rings is 4. The molecule has 0 fully saturated rings. The molecule has 5 aromatic rings. The minimum atomic E-state index is -0.962. The summed E-state index contributed by atoms with van der Waals surface area (Å²) in [6.45, 7) is 7.38. The Labute approximate surface area is 201 Å². The first-order chi connectivity index (χ1) is 16.2. The molecule has 0 unspecified atom stereocenters. The summed E-state index contributed by atoms with van der Waals surface area (Å²) in [7, 11) is 0.386. The van der Waals surface area contributed by atoms with Crippen molar-refractivity contribution in [1.82, 2.24) is 0 Å². The Bertz CT molecular complexity index is 1460. The zero-order valence-electron chi connectivity index (χ0n) is 20.1. The molecule has 0 spiro atoms. The van der Waals surface area contributed by atoms with Crippen LogP contribution in [0.25, 0.3) is 44.2 Å². The zero-order valence-corrected chi connectivity index (χ0v) is 20.1. The molecule has 170 valence electrons. The molecule has 0 atom stereocenters. The topological polar surface area (TPSA) is 42.6 Å². The van der Waals surface area contributed by atoms with E-state index in [-0.39, 0.29) is 0 Å². The van der Waals surface area contributed by atoms with E-state index in [9.17, 15) is 5.11 Å². The minimum absolute atomic E-state index is 0.386. The standard InChI is InChI=1S/C30H29BO3/c1-29(2,32)30(3,4)34-31-25-17-10-18-26-27(25)24-16-9-15-23(28(24)33-26)22-14-8-13-21(19-22)20-11-6-5-7-12-20/h5-19,31-32H,1-4H3. The summed E-state index contributed by atoms with van der Waals surface area (Å²) in [5.41, 5.74) is 5.64. The normalized spacial score (nSPS) is 12.4. The molecule has 0 aliphatic carbocycles. The van der Waals surface area contributed by atoms with Crippen molar-refractivity contribution >= 4 is 34.9 Å². The quantitative estimate of drug-likeness (QED) is 0.303. The van der Waals surface area contributed by atoms with E-state index in [4.69, 9.17) is 9.07 Å². The molecule has 0 saturated carbocycles. The first-order valence-electron chi connectivity index (χ1n) is 11.7. The summed E-state index contributed by atoms with van der Waals surface area (Å²) >= 11 is 0. The molecule has 4 aromatic carbocycles. The van der Waals surface area contributed by atoms with Crippen molar-refractivity contribution in [1.29, 1.82) is 0 Å². The predicted molar refractivity (Wildman–Crippen MR) is 143 cm³/mol. The van der Waals surface area contributed by atoms with Crippen LogP contribution in [0.5, 0.6) is 0 Å². The van der Waals surface area contributed by atoms with Crippen LogP contribution in [0.4, 0.5) is 0 Å². The van der Waals surface area contributed by atoms with Gasteiger partial charge < -0.3 is 14.2 Å². The second-order valence-electron chi connectivity index (χ2n) is 9.88. The molecule has 1 aromatic heterocycles. The summed E-state index contributed by atoms with van der Waals surface area (Å²) in [6, 6.07) is 31.4. The smallest absolute Gasteiger partial charge is 0.310 e. The van der Waals surface area contributed by atoms with Crippen molar-refractivity contribution in [2.45, 2.75) is 38.9 Å². The monoisotopic (exact) mass is 448 g/mol. The van der Waals surface area contributed by atoms with E-state index < -0.39 is 11.2 Å². The molecule has 0 bridgehead atoms. The van der Waals surface area contributed by atoms with Crippen molar-refractivity contribution in [2.24, 2.45) is 0 Å². The molecule has 0 saturated heterocycles. The molecule has 4 heteroatoms. The summed E-state index contributed by atoms with van der Waals surface area (Å²) in [5, 5.41) is 12.6. The number of hydrogen-bond donors (Lipinski definition) is 1. The fourth-order valence-electron chi connectivity index (χ4n) is 4.20. The Morgan fingerprint density at radius 1 is 0.735 bits per heavy atom. The lowest BCUT2D eigenvalue weighted by Gasteiger charge is -2.37. The predicted octanol–water partition coefficient (Wildman–Crippen LogP) is 6.46. The number of furan rings is 1. The molecule has 0 aliphatic rings. The van der Waals surface area contributed by atoms with Crippen LogP contribution in [0.3, 0.4) is 0 Å². The summed E-state index contributed by atoms with van der Waals surface area (Å²) in [5.74, 6) is 0. The van der Waals surface area contributed by atoms with E-state index in [0.29, 0.717) is 7.48 Å². The van der Waals surface area contributed by atoms with Crippen LogP contribution in [0.2, 0.25) is 0 Å². The Hall–Kier alpha value is -3.34. The highest BCUT2D eigenvalue weighted by Gasteiger charge is 2.35. The van der Waals surface area contributed by atoms with Gasteiger partial charge in [-0.25, -0.2) is 0 Å². The van der Waals surface area contributed by atoms with Gasteiger partial charge in [0.05, 0.1) is 11.2 Å². The Morgan fingerprint density at radius 2 is 1.41 bits per heavy atom. The van der Waals surface area contributed by atoms with Gasteiger partial charge in [-0.1, -0.05) is 78.9 Å². The minimum Gasteiger partial charge on any atom is -0.455 e. The SMILES string of the molecule is CC(C)(O)C(C)(C)OBc1cccc2oc3c(-c4cccc(-c5ccccc5)c4)cccc3c12. The van der Waals surface area contributed by atoms with Gasteiger partial charge in [0.15, 0.2) is 0 Å². The Balaban J connectivity index is 1.60. The van der Waals surface area contributed by atoms with E-state index in [1.54, 1.807) is 13.8 Å². The summed E-state index contributed by atoms with van der Waals surface area (Å²) in [4.78, 5) is 0. The fraction of sp³-hybridized carbons (Fsp3) is 0.200. The van der Waals surface area contributed by atoms with Crippen molar-refractivity contribution in [3.05, 3.63) is 91.0 Å². The molecular weight excluding hydrogens is 419 g/mol. The number of fused-ring (bicyclic) bond motifs is 3.